The normalized spacial score (nSPS) is 11.1. The fourth-order valence-corrected chi connectivity index (χ4v) is 2.81. The van der Waals surface area contributed by atoms with Crippen LogP contribution in [0.1, 0.15) is 29.2 Å². The van der Waals surface area contributed by atoms with Gasteiger partial charge in [-0.1, -0.05) is 12.1 Å². The monoisotopic (exact) mass is 378 g/mol. The Morgan fingerprint density at radius 3 is 2.50 bits per heavy atom. The molecule has 0 radical (unpaired) electrons. The molecule has 0 aliphatic heterocycles. The summed E-state index contributed by atoms with van der Waals surface area (Å²) < 4.78 is 16.0. The summed E-state index contributed by atoms with van der Waals surface area (Å²) in [6.07, 6.45) is 3.03. The van der Waals surface area contributed by atoms with Gasteiger partial charge in [0.25, 0.3) is 0 Å². The molecule has 2 aromatic carbocycles. The lowest BCUT2D eigenvalue weighted by Crippen LogP contribution is -2.06. The van der Waals surface area contributed by atoms with E-state index in [-0.39, 0.29) is 6.61 Å². The number of benzene rings is 2. The van der Waals surface area contributed by atoms with Crippen LogP contribution in [0.15, 0.2) is 57.8 Å². The number of carbonyl (C=O) groups is 1. The first-order chi connectivity index (χ1) is 13.5. The van der Waals surface area contributed by atoms with Gasteiger partial charge in [0.2, 0.25) is 0 Å². The van der Waals surface area contributed by atoms with E-state index in [2.05, 4.69) is 0 Å². The van der Waals surface area contributed by atoms with Gasteiger partial charge in [-0.2, -0.15) is 0 Å². The first-order valence-electron chi connectivity index (χ1n) is 9.08. The summed E-state index contributed by atoms with van der Waals surface area (Å²) in [6, 6.07) is 12.5. The van der Waals surface area contributed by atoms with E-state index < -0.39 is 11.6 Å². The SMILES string of the molecule is CCOc1ccc(/C=C/C(=O)OCc2cc(=O)oc3cc(C)c(C)cc23)cc1. The molecule has 5 heteroatoms. The summed E-state index contributed by atoms with van der Waals surface area (Å²) in [4.78, 5) is 23.9. The van der Waals surface area contributed by atoms with E-state index in [4.69, 9.17) is 13.9 Å². The smallest absolute Gasteiger partial charge is 0.336 e. The second-order valence-corrected chi connectivity index (χ2v) is 6.47. The molecule has 0 unspecified atom stereocenters. The average Bonchev–Trinajstić information content (AvgIpc) is 2.67. The largest absolute Gasteiger partial charge is 0.494 e. The number of fused-ring (bicyclic) bond motifs is 1. The lowest BCUT2D eigenvalue weighted by atomic mass is 10.0. The Hall–Kier alpha value is -3.34. The molecule has 0 spiro atoms. The predicted molar refractivity (Wildman–Crippen MR) is 108 cm³/mol. The highest BCUT2D eigenvalue weighted by atomic mass is 16.5. The van der Waals surface area contributed by atoms with Crippen molar-refractivity contribution < 1.29 is 18.7 Å². The zero-order valence-electron chi connectivity index (χ0n) is 16.2. The number of aryl methyl sites for hydroxylation is 2. The summed E-state index contributed by atoms with van der Waals surface area (Å²) in [5.74, 6) is 0.293. The molecule has 3 aromatic rings. The molecule has 1 heterocycles. The van der Waals surface area contributed by atoms with E-state index >= 15 is 0 Å². The number of carbonyl (C=O) groups excluding carboxylic acids is 1. The lowest BCUT2D eigenvalue weighted by molar-refractivity contribution is -0.138. The minimum Gasteiger partial charge on any atom is -0.494 e. The predicted octanol–water partition coefficient (Wildman–Crippen LogP) is 4.57. The van der Waals surface area contributed by atoms with Crippen molar-refractivity contribution in [3.8, 4) is 5.75 Å². The minimum atomic E-state index is -0.487. The Morgan fingerprint density at radius 2 is 1.79 bits per heavy atom. The molecule has 0 saturated heterocycles. The third-order valence-corrected chi connectivity index (χ3v) is 4.42. The molecule has 0 N–H and O–H groups in total. The van der Waals surface area contributed by atoms with E-state index in [1.54, 1.807) is 6.08 Å². The van der Waals surface area contributed by atoms with Gasteiger partial charge >= 0.3 is 11.6 Å². The molecule has 0 amide bonds. The molecule has 0 bridgehead atoms. The van der Waals surface area contributed by atoms with Gasteiger partial charge in [-0.15, -0.1) is 0 Å². The van der Waals surface area contributed by atoms with Crippen LogP contribution in [-0.2, 0) is 16.1 Å². The molecule has 28 heavy (non-hydrogen) atoms. The van der Waals surface area contributed by atoms with Gasteiger partial charge in [0.05, 0.1) is 6.61 Å². The van der Waals surface area contributed by atoms with E-state index in [0.29, 0.717) is 17.8 Å². The van der Waals surface area contributed by atoms with E-state index in [1.807, 2.05) is 57.2 Å². The first kappa shape index (κ1) is 19.4. The number of rotatable bonds is 6. The van der Waals surface area contributed by atoms with Gasteiger partial charge in [0, 0.05) is 23.1 Å². The molecular formula is C23H22O5. The number of hydrogen-bond donors (Lipinski definition) is 0. The van der Waals surface area contributed by atoms with Crippen LogP contribution in [0.2, 0.25) is 0 Å². The average molecular weight is 378 g/mol. The highest BCUT2D eigenvalue weighted by Gasteiger charge is 2.09. The maximum absolute atomic E-state index is 12.1. The standard InChI is InChI=1S/C23H22O5/c1-4-26-19-8-5-17(6-9-19)7-10-22(24)27-14-18-13-23(25)28-21-12-16(3)15(2)11-20(18)21/h5-13H,4,14H2,1-3H3/b10-7+. The molecule has 0 aliphatic rings. The summed E-state index contributed by atoms with van der Waals surface area (Å²) in [5, 5.41) is 0.769. The number of ether oxygens (including phenoxy) is 2. The van der Waals surface area contributed by atoms with E-state index in [0.717, 1.165) is 27.8 Å². The maximum Gasteiger partial charge on any atom is 0.336 e. The van der Waals surface area contributed by atoms with Crippen LogP contribution in [0.5, 0.6) is 5.75 Å². The summed E-state index contributed by atoms with van der Waals surface area (Å²) in [7, 11) is 0. The van der Waals surface area contributed by atoms with Gasteiger partial charge in [-0.25, -0.2) is 9.59 Å². The number of esters is 1. The fourth-order valence-electron chi connectivity index (χ4n) is 2.81. The third-order valence-electron chi connectivity index (χ3n) is 4.42. The van der Waals surface area contributed by atoms with Crippen LogP contribution >= 0.6 is 0 Å². The van der Waals surface area contributed by atoms with Gasteiger partial charge in [-0.05, 0) is 67.8 Å². The van der Waals surface area contributed by atoms with Gasteiger partial charge < -0.3 is 13.9 Å². The molecule has 1 aromatic heterocycles. The van der Waals surface area contributed by atoms with Crippen LogP contribution in [0, 0.1) is 13.8 Å². The van der Waals surface area contributed by atoms with Crippen LogP contribution < -0.4 is 10.4 Å². The summed E-state index contributed by atoms with van der Waals surface area (Å²) >= 11 is 0. The Kier molecular flexibility index (Phi) is 5.94. The van der Waals surface area contributed by atoms with Crippen LogP contribution in [0.4, 0.5) is 0 Å². The van der Waals surface area contributed by atoms with Crippen LogP contribution in [0.3, 0.4) is 0 Å². The molecule has 0 aliphatic carbocycles. The van der Waals surface area contributed by atoms with Crippen LogP contribution in [-0.4, -0.2) is 12.6 Å². The maximum atomic E-state index is 12.1. The molecule has 0 fully saturated rings. The first-order valence-corrected chi connectivity index (χ1v) is 9.08. The second kappa shape index (κ2) is 8.57. The van der Waals surface area contributed by atoms with Crippen molar-refractivity contribution in [1.29, 1.82) is 0 Å². The molecule has 3 rings (SSSR count). The summed E-state index contributed by atoms with van der Waals surface area (Å²) in [5.41, 5.74) is 3.61. The third kappa shape index (κ3) is 4.68. The lowest BCUT2D eigenvalue weighted by Gasteiger charge is -2.08. The highest BCUT2D eigenvalue weighted by Crippen LogP contribution is 2.22. The topological polar surface area (TPSA) is 65.7 Å². The van der Waals surface area contributed by atoms with Crippen molar-refractivity contribution >= 4 is 23.0 Å². The van der Waals surface area contributed by atoms with Gasteiger partial charge in [0.1, 0.15) is 17.9 Å². The van der Waals surface area contributed by atoms with Gasteiger partial charge in [-0.3, -0.25) is 0 Å². The number of hydrogen-bond acceptors (Lipinski definition) is 5. The molecular weight excluding hydrogens is 356 g/mol. The van der Waals surface area contributed by atoms with Crippen molar-refractivity contribution in [2.45, 2.75) is 27.4 Å². The fraction of sp³-hybridized carbons (Fsp3) is 0.217. The molecule has 5 nitrogen and oxygen atoms in total. The van der Waals surface area contributed by atoms with Gasteiger partial charge in [0.15, 0.2) is 0 Å². The quantitative estimate of drug-likeness (QED) is 0.357. The second-order valence-electron chi connectivity index (χ2n) is 6.47. The van der Waals surface area contributed by atoms with Crippen LogP contribution in [0.25, 0.3) is 17.0 Å². The van der Waals surface area contributed by atoms with Crippen molar-refractivity contribution in [1.82, 2.24) is 0 Å². The van der Waals surface area contributed by atoms with Crippen molar-refractivity contribution in [3.05, 3.63) is 81.2 Å². The highest BCUT2D eigenvalue weighted by molar-refractivity contribution is 5.87. The Labute approximate surface area is 163 Å². The van der Waals surface area contributed by atoms with E-state index in [1.165, 1.54) is 12.1 Å². The zero-order valence-corrected chi connectivity index (χ0v) is 16.2. The van der Waals surface area contributed by atoms with E-state index in [9.17, 15) is 9.59 Å². The minimum absolute atomic E-state index is 0.00292. The summed E-state index contributed by atoms with van der Waals surface area (Å²) in [6.45, 7) is 6.46. The Morgan fingerprint density at radius 1 is 1.07 bits per heavy atom. The molecule has 0 saturated carbocycles. The van der Waals surface area contributed by atoms with Crippen molar-refractivity contribution in [2.75, 3.05) is 6.61 Å². The Balaban J connectivity index is 1.70. The molecule has 144 valence electrons. The van der Waals surface area contributed by atoms with Crippen molar-refractivity contribution in [2.24, 2.45) is 0 Å². The van der Waals surface area contributed by atoms with Crippen molar-refractivity contribution in [3.63, 3.8) is 0 Å². The zero-order chi connectivity index (χ0) is 20.1. The molecule has 0 atom stereocenters. The Bertz CT molecular complexity index is 1070.